The molecule has 0 N–H and O–H groups in total. The van der Waals surface area contributed by atoms with Gasteiger partial charge < -0.3 is 0 Å². The molecule has 0 spiro atoms. The first-order valence-electron chi connectivity index (χ1n) is 4.55. The van der Waals surface area contributed by atoms with Crippen LogP contribution in [0.25, 0.3) is 0 Å². The molecule has 0 aromatic carbocycles. The lowest BCUT2D eigenvalue weighted by molar-refractivity contribution is 0.491. The van der Waals surface area contributed by atoms with Gasteiger partial charge in [-0.15, -0.1) is 6.58 Å². The average Bonchev–Trinajstić information content (AvgIpc) is 2.10. The summed E-state index contributed by atoms with van der Waals surface area (Å²) in [6.45, 7) is 13.6. The van der Waals surface area contributed by atoms with E-state index in [4.69, 9.17) is 0 Å². The Morgan fingerprint density at radius 2 is 2.23 bits per heavy atom. The van der Waals surface area contributed by atoms with Gasteiger partial charge in [0.15, 0.2) is 5.54 Å². The van der Waals surface area contributed by atoms with Crippen molar-refractivity contribution >= 4 is 18.1 Å². The molecule has 0 saturated carbocycles. The fourth-order valence-electron chi connectivity index (χ4n) is 1.48. The molecule has 0 aliphatic carbocycles. The molecule has 0 saturated heterocycles. The van der Waals surface area contributed by atoms with Crippen molar-refractivity contribution in [3.63, 3.8) is 0 Å². The van der Waals surface area contributed by atoms with Gasteiger partial charge in [-0.2, -0.15) is 0 Å². The molecular formula is C11H17N2+. The lowest BCUT2D eigenvalue weighted by Crippen LogP contribution is -2.45. The lowest BCUT2D eigenvalue weighted by Gasteiger charge is -2.25. The van der Waals surface area contributed by atoms with Gasteiger partial charge in [0, 0.05) is 12.8 Å². The van der Waals surface area contributed by atoms with Gasteiger partial charge in [0.2, 0.25) is 0 Å². The lowest BCUT2D eigenvalue weighted by atomic mass is 9.79. The quantitative estimate of drug-likeness (QED) is 0.354. The molecule has 2 heteroatoms. The van der Waals surface area contributed by atoms with Crippen LogP contribution in [0.1, 0.15) is 27.2 Å². The fourth-order valence-corrected chi connectivity index (χ4v) is 1.48. The van der Waals surface area contributed by atoms with Crippen LogP contribution in [0.5, 0.6) is 0 Å². The summed E-state index contributed by atoms with van der Waals surface area (Å²) in [7, 11) is 0. The van der Waals surface area contributed by atoms with E-state index in [9.17, 15) is 0 Å². The standard InChI is InChI=1S/C11H17N2/c1-6-8(2)11(4,12-5)10-7-9(3)13-10/h6,8H,1,5,7H2,2-4H3/q+1. The molecule has 2 unspecified atom stereocenters. The molecule has 2 atom stereocenters. The van der Waals surface area contributed by atoms with Crippen LogP contribution in [0, 0.1) is 5.92 Å². The van der Waals surface area contributed by atoms with Gasteiger partial charge in [-0.25, -0.2) is 0 Å². The highest BCUT2D eigenvalue weighted by atomic mass is 14.9. The van der Waals surface area contributed by atoms with Crippen LogP contribution in [0.4, 0.5) is 0 Å². The van der Waals surface area contributed by atoms with Crippen LogP contribution in [-0.2, 0) is 0 Å². The van der Waals surface area contributed by atoms with Crippen molar-refractivity contribution in [1.82, 2.24) is 4.67 Å². The van der Waals surface area contributed by atoms with Crippen molar-refractivity contribution < 1.29 is 0 Å². The first kappa shape index (κ1) is 9.94. The normalized spacial score (nSPS) is 21.8. The fraction of sp³-hybridized carbons (Fsp3) is 0.545. The Hall–Kier alpha value is -1.14. The Morgan fingerprint density at radius 1 is 1.69 bits per heavy atom. The topological polar surface area (TPSA) is 26.5 Å². The molecule has 2 nitrogen and oxygen atoms in total. The molecule has 1 aliphatic rings. The number of nitrogens with zero attached hydrogens (tertiary/aromatic N) is 2. The smallest absolute Gasteiger partial charge is 0.282 e. The van der Waals surface area contributed by atoms with Crippen molar-refractivity contribution in [3.8, 4) is 0 Å². The molecule has 1 aliphatic heterocycles. The van der Waals surface area contributed by atoms with Gasteiger partial charge in [0.05, 0.1) is 0 Å². The van der Waals surface area contributed by atoms with Gasteiger partial charge in [-0.1, -0.05) is 17.7 Å². The summed E-state index contributed by atoms with van der Waals surface area (Å²) >= 11 is 0. The van der Waals surface area contributed by atoms with E-state index >= 15 is 0 Å². The van der Waals surface area contributed by atoms with E-state index in [1.54, 1.807) is 0 Å². The zero-order valence-electron chi connectivity index (χ0n) is 8.67. The van der Waals surface area contributed by atoms with Crippen LogP contribution < -0.4 is 4.67 Å². The van der Waals surface area contributed by atoms with E-state index in [-0.39, 0.29) is 11.5 Å². The van der Waals surface area contributed by atoms with Gasteiger partial charge in [0.25, 0.3) is 5.71 Å². The van der Waals surface area contributed by atoms with Crippen LogP contribution in [0.3, 0.4) is 0 Å². The van der Waals surface area contributed by atoms with Crippen molar-refractivity contribution in [2.45, 2.75) is 32.7 Å². The Kier molecular flexibility index (Phi) is 2.53. The summed E-state index contributed by atoms with van der Waals surface area (Å²) in [6, 6.07) is 0. The second-order valence-corrected chi connectivity index (χ2v) is 3.80. The molecule has 0 fully saturated rings. The summed E-state index contributed by atoms with van der Waals surface area (Å²) in [5, 5.41) is 0. The highest BCUT2D eigenvalue weighted by molar-refractivity contribution is 6.15. The maximum Gasteiger partial charge on any atom is 0.319 e. The second-order valence-electron chi connectivity index (χ2n) is 3.80. The van der Waals surface area contributed by atoms with E-state index in [2.05, 4.69) is 36.8 Å². The molecule has 0 bridgehead atoms. The van der Waals surface area contributed by atoms with Crippen molar-refractivity contribution in [3.05, 3.63) is 12.7 Å². The third-order valence-corrected chi connectivity index (χ3v) is 2.90. The van der Waals surface area contributed by atoms with Crippen LogP contribution in [-0.4, -0.2) is 23.7 Å². The summed E-state index contributed by atoms with van der Waals surface area (Å²) < 4.78 is 4.39. The first-order chi connectivity index (χ1) is 6.04. The number of hydrogen-bond donors (Lipinski definition) is 0. The van der Waals surface area contributed by atoms with E-state index in [0.717, 1.165) is 12.1 Å². The average molecular weight is 177 g/mol. The van der Waals surface area contributed by atoms with Crippen LogP contribution >= 0.6 is 0 Å². The third kappa shape index (κ3) is 1.50. The molecule has 0 radical (unpaired) electrons. The molecule has 1 heterocycles. The SMILES string of the molecule is C=CC(C)C(C)(N=C)C1=[N+]=C(C)C1. The Labute approximate surface area is 79.8 Å². The zero-order chi connectivity index (χ0) is 10.1. The van der Waals surface area contributed by atoms with Crippen LogP contribution in [0.15, 0.2) is 17.6 Å². The highest BCUT2D eigenvalue weighted by Gasteiger charge is 2.46. The Balaban J connectivity index is 3.02. The summed E-state index contributed by atoms with van der Waals surface area (Å²) in [5.41, 5.74) is 2.06. The predicted molar refractivity (Wildman–Crippen MR) is 59.8 cm³/mol. The minimum atomic E-state index is -0.249. The van der Waals surface area contributed by atoms with Gasteiger partial charge in [-0.05, 0) is 13.6 Å². The predicted octanol–water partition coefficient (Wildman–Crippen LogP) is 1.64. The second kappa shape index (κ2) is 3.31. The van der Waals surface area contributed by atoms with Crippen molar-refractivity contribution in [1.29, 1.82) is 0 Å². The third-order valence-electron chi connectivity index (χ3n) is 2.90. The van der Waals surface area contributed by atoms with Gasteiger partial charge in [-0.3, -0.25) is 4.99 Å². The zero-order valence-corrected chi connectivity index (χ0v) is 8.67. The van der Waals surface area contributed by atoms with E-state index in [1.807, 2.05) is 13.0 Å². The minimum Gasteiger partial charge on any atom is -0.282 e. The minimum absolute atomic E-state index is 0.249. The maximum absolute atomic E-state index is 4.39. The monoisotopic (exact) mass is 177 g/mol. The van der Waals surface area contributed by atoms with Gasteiger partial charge >= 0.3 is 5.71 Å². The Morgan fingerprint density at radius 3 is 2.54 bits per heavy atom. The summed E-state index contributed by atoms with van der Waals surface area (Å²) in [6.07, 6.45) is 2.87. The van der Waals surface area contributed by atoms with Crippen LogP contribution in [0.2, 0.25) is 0 Å². The number of hydrogen-bond acceptors (Lipinski definition) is 1. The summed E-state index contributed by atoms with van der Waals surface area (Å²) in [5.74, 6) is 0.289. The molecular weight excluding hydrogens is 160 g/mol. The molecule has 13 heavy (non-hydrogen) atoms. The maximum atomic E-state index is 4.39. The van der Waals surface area contributed by atoms with Crippen molar-refractivity contribution in [2.24, 2.45) is 10.9 Å². The van der Waals surface area contributed by atoms with Crippen molar-refractivity contribution in [2.75, 3.05) is 0 Å². The first-order valence-corrected chi connectivity index (χ1v) is 4.55. The molecule has 0 aromatic rings. The largest absolute Gasteiger partial charge is 0.319 e. The van der Waals surface area contributed by atoms with E-state index in [0.29, 0.717) is 0 Å². The molecule has 0 aromatic heterocycles. The molecule has 0 amide bonds. The molecule has 70 valence electrons. The molecule has 1 rings (SSSR count). The Bertz CT molecular complexity index is 308. The van der Waals surface area contributed by atoms with E-state index < -0.39 is 0 Å². The van der Waals surface area contributed by atoms with E-state index in [1.165, 1.54) is 5.71 Å². The highest BCUT2D eigenvalue weighted by Crippen LogP contribution is 2.26. The summed E-state index contributed by atoms with van der Waals surface area (Å²) in [4.78, 5) is 4.18. The van der Waals surface area contributed by atoms with Gasteiger partial charge in [0.1, 0.15) is 6.42 Å². The number of aliphatic imine (C=N–C) groups is 1. The number of rotatable bonds is 4.